The van der Waals surface area contributed by atoms with Gasteiger partial charge in [0.25, 0.3) is 5.91 Å². The molecule has 0 saturated carbocycles. The molecule has 0 aliphatic heterocycles. The Balaban J connectivity index is 1.66. The Kier molecular flexibility index (Phi) is 5.63. The zero-order valence-electron chi connectivity index (χ0n) is 14.9. The first kappa shape index (κ1) is 17.7. The average Bonchev–Trinajstić information content (AvgIpc) is 3.18. The summed E-state index contributed by atoms with van der Waals surface area (Å²) in [6, 6.07) is 13.7. The molecule has 0 unspecified atom stereocenters. The van der Waals surface area contributed by atoms with Gasteiger partial charge in [-0.3, -0.25) is 4.79 Å². The minimum absolute atomic E-state index is 0.0689. The van der Waals surface area contributed by atoms with E-state index < -0.39 is 0 Å². The normalized spacial score (nSPS) is 10.7. The van der Waals surface area contributed by atoms with E-state index in [2.05, 4.69) is 15.3 Å². The van der Waals surface area contributed by atoms with E-state index in [-0.39, 0.29) is 11.9 Å². The molecule has 6 nitrogen and oxygen atoms in total. The zero-order valence-corrected chi connectivity index (χ0v) is 14.9. The lowest BCUT2D eigenvalue weighted by atomic mass is 10.1. The lowest BCUT2D eigenvalue weighted by molar-refractivity contribution is 0.0689. The third kappa shape index (κ3) is 4.47. The molecule has 1 amide bonds. The summed E-state index contributed by atoms with van der Waals surface area (Å²) >= 11 is 0. The summed E-state index contributed by atoms with van der Waals surface area (Å²) in [6.07, 6.45) is 4.73. The van der Waals surface area contributed by atoms with Gasteiger partial charge in [-0.1, -0.05) is 30.3 Å². The largest absolute Gasteiger partial charge is 0.467 e. The minimum Gasteiger partial charge on any atom is -0.467 e. The van der Waals surface area contributed by atoms with E-state index in [4.69, 9.17) is 4.42 Å². The average molecular weight is 350 g/mol. The van der Waals surface area contributed by atoms with Crippen molar-refractivity contribution in [2.75, 3.05) is 5.32 Å². The monoisotopic (exact) mass is 350 g/mol. The van der Waals surface area contributed by atoms with E-state index in [1.807, 2.05) is 61.2 Å². The van der Waals surface area contributed by atoms with Gasteiger partial charge in [-0.05, 0) is 31.5 Å². The number of carbonyl (C=O) groups is 1. The first-order valence-electron chi connectivity index (χ1n) is 8.56. The van der Waals surface area contributed by atoms with Crippen molar-refractivity contribution in [1.82, 2.24) is 14.9 Å². The molecule has 134 valence electrons. The molecule has 2 aromatic heterocycles. The van der Waals surface area contributed by atoms with Gasteiger partial charge in [-0.15, -0.1) is 0 Å². The number of amides is 1. The van der Waals surface area contributed by atoms with Crippen molar-refractivity contribution in [2.24, 2.45) is 0 Å². The van der Waals surface area contributed by atoms with Crippen LogP contribution in [0.5, 0.6) is 0 Å². The number of rotatable bonds is 7. The number of furan rings is 1. The summed E-state index contributed by atoms with van der Waals surface area (Å²) < 4.78 is 5.25. The third-order valence-corrected chi connectivity index (χ3v) is 3.98. The van der Waals surface area contributed by atoms with Crippen LogP contribution >= 0.6 is 0 Å². The van der Waals surface area contributed by atoms with Crippen molar-refractivity contribution in [2.45, 2.75) is 33.0 Å². The number of nitrogens with one attached hydrogen (secondary N) is 1. The van der Waals surface area contributed by atoms with Crippen LogP contribution in [-0.4, -0.2) is 26.8 Å². The summed E-state index contributed by atoms with van der Waals surface area (Å²) in [5.74, 6) is 1.17. The second kappa shape index (κ2) is 8.29. The summed E-state index contributed by atoms with van der Waals surface area (Å²) in [7, 11) is 0. The predicted octanol–water partition coefficient (Wildman–Crippen LogP) is 3.73. The van der Waals surface area contributed by atoms with Gasteiger partial charge in [0, 0.05) is 25.0 Å². The molecule has 3 aromatic rings. The Labute approximate surface area is 152 Å². The van der Waals surface area contributed by atoms with Crippen LogP contribution in [-0.2, 0) is 13.1 Å². The van der Waals surface area contributed by atoms with Crippen molar-refractivity contribution >= 4 is 11.9 Å². The highest BCUT2D eigenvalue weighted by atomic mass is 16.3. The highest BCUT2D eigenvalue weighted by Gasteiger charge is 2.19. The summed E-state index contributed by atoms with van der Waals surface area (Å²) in [5.41, 5.74) is 1.56. The lowest BCUT2D eigenvalue weighted by Crippen LogP contribution is -2.36. The van der Waals surface area contributed by atoms with Crippen LogP contribution in [0.15, 0.2) is 65.5 Å². The van der Waals surface area contributed by atoms with Crippen molar-refractivity contribution < 1.29 is 9.21 Å². The van der Waals surface area contributed by atoms with Gasteiger partial charge < -0.3 is 14.6 Å². The fourth-order valence-corrected chi connectivity index (χ4v) is 2.54. The molecule has 26 heavy (non-hydrogen) atoms. The van der Waals surface area contributed by atoms with Gasteiger partial charge in [-0.25, -0.2) is 9.97 Å². The quantitative estimate of drug-likeness (QED) is 0.703. The van der Waals surface area contributed by atoms with Crippen molar-refractivity contribution in [3.8, 4) is 0 Å². The molecule has 0 aliphatic rings. The maximum Gasteiger partial charge on any atom is 0.257 e. The molecule has 2 heterocycles. The molecule has 1 aromatic carbocycles. The SMILES string of the molecule is CC(C)N(Cc1ccccc1)C(=O)c1cnc(NCc2ccco2)nc1. The molecular formula is C20H22N4O2. The number of nitrogens with zero attached hydrogens (tertiary/aromatic N) is 3. The second-order valence-corrected chi connectivity index (χ2v) is 6.24. The van der Waals surface area contributed by atoms with Crippen LogP contribution in [0.25, 0.3) is 0 Å². The Hall–Kier alpha value is -3.15. The molecular weight excluding hydrogens is 328 g/mol. The van der Waals surface area contributed by atoms with E-state index in [9.17, 15) is 4.79 Å². The number of benzene rings is 1. The van der Waals surface area contributed by atoms with Crippen LogP contribution in [0.2, 0.25) is 0 Å². The van der Waals surface area contributed by atoms with Crippen molar-refractivity contribution in [1.29, 1.82) is 0 Å². The van der Waals surface area contributed by atoms with Crippen LogP contribution in [0.1, 0.15) is 35.5 Å². The second-order valence-electron chi connectivity index (χ2n) is 6.24. The minimum atomic E-state index is -0.0820. The van der Waals surface area contributed by atoms with Crippen LogP contribution in [0.3, 0.4) is 0 Å². The van der Waals surface area contributed by atoms with Gasteiger partial charge in [0.15, 0.2) is 0 Å². The number of carbonyl (C=O) groups excluding carboxylic acids is 1. The fraction of sp³-hybridized carbons (Fsp3) is 0.250. The zero-order chi connectivity index (χ0) is 18.4. The standard InChI is InChI=1S/C20H22N4O2/c1-15(2)24(14-16-7-4-3-5-8-16)19(25)17-11-21-20(22-12-17)23-13-18-9-6-10-26-18/h3-12,15H,13-14H2,1-2H3,(H,21,22,23). The van der Waals surface area contributed by atoms with Crippen LogP contribution in [0, 0.1) is 0 Å². The highest BCUT2D eigenvalue weighted by molar-refractivity contribution is 5.93. The first-order valence-corrected chi connectivity index (χ1v) is 8.56. The maximum absolute atomic E-state index is 12.9. The molecule has 0 saturated heterocycles. The molecule has 0 atom stereocenters. The van der Waals surface area contributed by atoms with Crippen molar-refractivity contribution in [3.63, 3.8) is 0 Å². The smallest absolute Gasteiger partial charge is 0.257 e. The molecule has 3 rings (SSSR count). The number of aromatic nitrogens is 2. The lowest BCUT2D eigenvalue weighted by Gasteiger charge is -2.26. The Morgan fingerprint density at radius 1 is 1.12 bits per heavy atom. The van der Waals surface area contributed by atoms with E-state index in [0.717, 1.165) is 11.3 Å². The third-order valence-electron chi connectivity index (χ3n) is 3.98. The summed E-state index contributed by atoms with van der Waals surface area (Å²) in [5, 5.41) is 3.06. The molecule has 6 heteroatoms. The molecule has 0 spiro atoms. The van der Waals surface area contributed by atoms with Crippen LogP contribution < -0.4 is 5.32 Å². The van der Waals surface area contributed by atoms with Crippen molar-refractivity contribution in [3.05, 3.63) is 78.0 Å². The topological polar surface area (TPSA) is 71.3 Å². The molecule has 0 bridgehead atoms. The molecule has 0 fully saturated rings. The highest BCUT2D eigenvalue weighted by Crippen LogP contribution is 2.13. The summed E-state index contributed by atoms with van der Waals surface area (Å²) in [6.45, 7) is 5.05. The van der Waals surface area contributed by atoms with E-state index in [1.54, 1.807) is 18.7 Å². The summed E-state index contributed by atoms with van der Waals surface area (Å²) in [4.78, 5) is 23.1. The van der Waals surface area contributed by atoms with Gasteiger partial charge in [-0.2, -0.15) is 0 Å². The van der Waals surface area contributed by atoms with Gasteiger partial charge in [0.05, 0.1) is 18.4 Å². The Morgan fingerprint density at radius 3 is 2.46 bits per heavy atom. The van der Waals surface area contributed by atoms with Gasteiger partial charge >= 0.3 is 0 Å². The van der Waals surface area contributed by atoms with E-state index >= 15 is 0 Å². The predicted molar refractivity (Wildman–Crippen MR) is 99.5 cm³/mol. The molecule has 1 N–H and O–H groups in total. The maximum atomic E-state index is 12.9. The van der Waals surface area contributed by atoms with Gasteiger partial charge in [0.2, 0.25) is 5.95 Å². The molecule has 0 aliphatic carbocycles. The fourth-order valence-electron chi connectivity index (χ4n) is 2.54. The number of anilines is 1. The Morgan fingerprint density at radius 2 is 1.85 bits per heavy atom. The van der Waals surface area contributed by atoms with E-state index in [0.29, 0.717) is 24.6 Å². The number of hydrogen-bond donors (Lipinski definition) is 1. The van der Waals surface area contributed by atoms with E-state index in [1.165, 1.54) is 0 Å². The van der Waals surface area contributed by atoms with Crippen LogP contribution in [0.4, 0.5) is 5.95 Å². The first-order chi connectivity index (χ1) is 12.6. The number of hydrogen-bond acceptors (Lipinski definition) is 5. The van der Waals surface area contributed by atoms with Gasteiger partial charge in [0.1, 0.15) is 5.76 Å². The molecule has 0 radical (unpaired) electrons. The Bertz CT molecular complexity index is 815.